The second-order valence-electron chi connectivity index (χ2n) is 7.21. The summed E-state index contributed by atoms with van der Waals surface area (Å²) in [4.78, 5) is 26.5. The van der Waals surface area contributed by atoms with Gasteiger partial charge in [0, 0.05) is 23.7 Å². The highest BCUT2D eigenvalue weighted by Crippen LogP contribution is 2.29. The predicted octanol–water partition coefficient (Wildman–Crippen LogP) is 4.20. The summed E-state index contributed by atoms with van der Waals surface area (Å²) in [6.07, 6.45) is 0. The maximum absolute atomic E-state index is 12.6. The predicted molar refractivity (Wildman–Crippen MR) is 122 cm³/mol. The van der Waals surface area contributed by atoms with Crippen molar-refractivity contribution in [3.8, 4) is 11.5 Å². The zero-order valence-corrected chi connectivity index (χ0v) is 18.1. The Labute approximate surface area is 181 Å². The number of urea groups is 1. The molecule has 0 unspecified atom stereocenters. The minimum atomic E-state index is -0.370. The molecule has 0 bridgehead atoms. The second-order valence-corrected chi connectivity index (χ2v) is 7.21. The Kier molecular flexibility index (Phi) is 6.97. The van der Waals surface area contributed by atoms with Crippen molar-refractivity contribution in [1.29, 1.82) is 0 Å². The van der Waals surface area contributed by atoms with Crippen molar-refractivity contribution in [3.05, 3.63) is 66.2 Å². The van der Waals surface area contributed by atoms with Gasteiger partial charge in [-0.15, -0.1) is 0 Å². The maximum Gasteiger partial charge on any atom is 0.318 e. The quantitative estimate of drug-likeness (QED) is 0.599. The molecule has 31 heavy (non-hydrogen) atoms. The number of hydrogen-bond acceptors (Lipinski definition) is 4. The number of ether oxygens (including phenoxy) is 2. The van der Waals surface area contributed by atoms with Crippen LogP contribution in [0.25, 0.3) is 10.8 Å². The Morgan fingerprint density at radius 2 is 1.74 bits per heavy atom. The highest BCUT2D eigenvalue weighted by atomic mass is 16.5. The summed E-state index contributed by atoms with van der Waals surface area (Å²) < 4.78 is 10.7. The summed E-state index contributed by atoms with van der Waals surface area (Å²) in [6, 6.07) is 18.2. The molecule has 0 saturated carbocycles. The number of hydrogen-bond donors (Lipinski definition) is 2. The lowest BCUT2D eigenvalue weighted by Gasteiger charge is -2.23. The lowest BCUT2D eigenvalue weighted by atomic mass is 10.1. The fourth-order valence-electron chi connectivity index (χ4n) is 3.36. The average molecular weight is 421 g/mol. The molecular formula is C24H27N3O4. The van der Waals surface area contributed by atoms with Crippen molar-refractivity contribution in [2.75, 3.05) is 33.1 Å². The van der Waals surface area contributed by atoms with Crippen LogP contribution in [-0.4, -0.2) is 44.7 Å². The third-order valence-electron chi connectivity index (χ3n) is 5.03. The first-order chi connectivity index (χ1) is 14.9. The van der Waals surface area contributed by atoms with E-state index in [-0.39, 0.29) is 24.5 Å². The van der Waals surface area contributed by atoms with Gasteiger partial charge < -0.3 is 25.0 Å². The first kappa shape index (κ1) is 22.0. The fraction of sp³-hybridized carbons (Fsp3) is 0.250. The topological polar surface area (TPSA) is 79.9 Å². The highest BCUT2D eigenvalue weighted by Gasteiger charge is 2.19. The molecule has 3 rings (SSSR count). The molecule has 3 amide bonds. The number of amides is 3. The minimum Gasteiger partial charge on any atom is -0.497 e. The monoisotopic (exact) mass is 421 g/mol. The minimum absolute atomic E-state index is 0.0863. The maximum atomic E-state index is 12.6. The van der Waals surface area contributed by atoms with E-state index >= 15 is 0 Å². The lowest BCUT2D eigenvalue weighted by Crippen LogP contribution is -2.42. The van der Waals surface area contributed by atoms with E-state index in [1.54, 1.807) is 33.4 Å². The summed E-state index contributed by atoms with van der Waals surface area (Å²) in [6.45, 7) is 1.76. The summed E-state index contributed by atoms with van der Waals surface area (Å²) >= 11 is 0. The van der Waals surface area contributed by atoms with Crippen molar-refractivity contribution < 1.29 is 19.1 Å². The van der Waals surface area contributed by atoms with Crippen LogP contribution in [0, 0.1) is 0 Å². The van der Waals surface area contributed by atoms with Gasteiger partial charge in [0.25, 0.3) is 0 Å². The summed E-state index contributed by atoms with van der Waals surface area (Å²) in [7, 11) is 4.73. The molecular weight excluding hydrogens is 394 g/mol. The van der Waals surface area contributed by atoms with Gasteiger partial charge in [-0.05, 0) is 36.6 Å². The molecule has 0 aliphatic carbocycles. The largest absolute Gasteiger partial charge is 0.497 e. The van der Waals surface area contributed by atoms with Crippen LogP contribution < -0.4 is 20.1 Å². The lowest BCUT2D eigenvalue weighted by molar-refractivity contribution is -0.116. The molecule has 162 valence electrons. The number of nitrogens with one attached hydrogen (secondary N) is 2. The number of carbonyl (C=O) groups excluding carboxylic acids is 2. The Bertz CT molecular complexity index is 1080. The van der Waals surface area contributed by atoms with Crippen molar-refractivity contribution in [2.24, 2.45) is 0 Å². The van der Waals surface area contributed by atoms with Gasteiger partial charge >= 0.3 is 6.03 Å². The molecule has 0 fully saturated rings. The molecule has 0 aliphatic heterocycles. The number of methoxy groups -OCH3 is 2. The second kappa shape index (κ2) is 9.84. The van der Waals surface area contributed by atoms with Crippen LogP contribution in [0.3, 0.4) is 0 Å². The molecule has 7 nitrogen and oxygen atoms in total. The van der Waals surface area contributed by atoms with Crippen molar-refractivity contribution in [2.45, 2.75) is 13.0 Å². The van der Waals surface area contributed by atoms with E-state index in [4.69, 9.17) is 9.47 Å². The van der Waals surface area contributed by atoms with Crippen LogP contribution in [0.1, 0.15) is 18.5 Å². The van der Waals surface area contributed by atoms with E-state index in [2.05, 4.69) is 10.6 Å². The molecule has 0 saturated heterocycles. The molecule has 1 atom stereocenters. The van der Waals surface area contributed by atoms with Gasteiger partial charge in [-0.3, -0.25) is 4.79 Å². The van der Waals surface area contributed by atoms with Crippen molar-refractivity contribution >= 4 is 28.4 Å². The molecule has 7 heteroatoms. The molecule has 3 aromatic rings. The van der Waals surface area contributed by atoms with Crippen LogP contribution in [0.2, 0.25) is 0 Å². The van der Waals surface area contributed by atoms with Gasteiger partial charge in [-0.1, -0.05) is 36.4 Å². The first-order valence-electron chi connectivity index (χ1n) is 9.94. The first-order valence-corrected chi connectivity index (χ1v) is 9.94. The van der Waals surface area contributed by atoms with Crippen LogP contribution in [0.5, 0.6) is 11.5 Å². The standard InChI is InChI=1S/C24H27N3O4/c1-16(20-14-18(30-3)12-13-22(20)31-4)25-24(29)27(2)15-23(28)26-21-11-7-9-17-8-5-6-10-19(17)21/h5-14,16H,15H2,1-4H3,(H,25,29)(H,26,28)/t16-/m0/s1. The smallest absolute Gasteiger partial charge is 0.318 e. The number of carbonyl (C=O) groups is 2. The fourth-order valence-corrected chi connectivity index (χ4v) is 3.36. The van der Waals surface area contributed by atoms with Crippen LogP contribution >= 0.6 is 0 Å². The van der Waals surface area contributed by atoms with E-state index in [1.165, 1.54) is 4.90 Å². The molecule has 0 aliphatic rings. The zero-order valence-electron chi connectivity index (χ0n) is 18.1. The molecule has 0 aromatic heterocycles. The number of anilines is 1. The summed E-state index contributed by atoms with van der Waals surface area (Å²) in [5.41, 5.74) is 1.50. The Morgan fingerprint density at radius 1 is 1.00 bits per heavy atom. The molecule has 0 heterocycles. The van der Waals surface area contributed by atoms with Crippen LogP contribution in [0.15, 0.2) is 60.7 Å². The van der Waals surface area contributed by atoms with Gasteiger partial charge in [0.05, 0.1) is 20.3 Å². The van der Waals surface area contributed by atoms with Gasteiger partial charge in [0.1, 0.15) is 18.0 Å². The van der Waals surface area contributed by atoms with E-state index in [0.717, 1.165) is 16.3 Å². The van der Waals surface area contributed by atoms with E-state index < -0.39 is 0 Å². The number of fused-ring (bicyclic) bond motifs is 1. The highest BCUT2D eigenvalue weighted by molar-refractivity contribution is 6.03. The van der Waals surface area contributed by atoms with Gasteiger partial charge in [-0.25, -0.2) is 4.79 Å². The number of nitrogens with zero attached hydrogens (tertiary/aromatic N) is 1. The Hall–Kier alpha value is -3.74. The van der Waals surface area contributed by atoms with E-state index in [1.807, 2.05) is 55.5 Å². The Balaban J connectivity index is 1.63. The third kappa shape index (κ3) is 5.25. The van der Waals surface area contributed by atoms with Crippen LogP contribution in [0.4, 0.5) is 10.5 Å². The van der Waals surface area contributed by atoms with Gasteiger partial charge in [0.2, 0.25) is 5.91 Å². The van der Waals surface area contributed by atoms with Gasteiger partial charge in [-0.2, -0.15) is 0 Å². The van der Waals surface area contributed by atoms with E-state index in [0.29, 0.717) is 17.2 Å². The van der Waals surface area contributed by atoms with E-state index in [9.17, 15) is 9.59 Å². The van der Waals surface area contributed by atoms with Crippen molar-refractivity contribution in [1.82, 2.24) is 10.2 Å². The third-order valence-corrected chi connectivity index (χ3v) is 5.03. The number of rotatable bonds is 7. The van der Waals surface area contributed by atoms with Crippen molar-refractivity contribution in [3.63, 3.8) is 0 Å². The SMILES string of the molecule is COc1ccc(OC)c([C@H](C)NC(=O)N(C)CC(=O)Nc2cccc3ccccc23)c1. The summed E-state index contributed by atoms with van der Waals surface area (Å²) in [5, 5.41) is 7.77. The zero-order chi connectivity index (χ0) is 22.4. The number of benzene rings is 3. The average Bonchev–Trinajstić information content (AvgIpc) is 2.78. The van der Waals surface area contributed by atoms with Gasteiger partial charge in [0.15, 0.2) is 0 Å². The molecule has 2 N–H and O–H groups in total. The normalized spacial score (nSPS) is 11.5. The molecule has 0 radical (unpaired) electrons. The molecule has 0 spiro atoms. The Morgan fingerprint density at radius 3 is 2.48 bits per heavy atom. The van der Waals surface area contributed by atoms with Crippen LogP contribution in [-0.2, 0) is 4.79 Å². The number of likely N-dealkylation sites (N-methyl/N-ethyl adjacent to an activating group) is 1. The summed E-state index contributed by atoms with van der Waals surface area (Å²) in [5.74, 6) is 1.03. The molecule has 3 aromatic carbocycles.